The molecular weight excluding hydrogens is 346 g/mol. The minimum atomic E-state index is -0.895. The molecule has 0 radical (unpaired) electrons. The van der Waals surface area contributed by atoms with Crippen LogP contribution in [0.4, 0.5) is 4.79 Å². The molecule has 2 rings (SSSR count). The number of carbonyl (C=O) groups is 5. The van der Waals surface area contributed by atoms with Gasteiger partial charge in [0.25, 0.3) is 5.91 Å². The molecule has 5 amide bonds. The van der Waals surface area contributed by atoms with E-state index in [4.69, 9.17) is 9.47 Å². The minimum Gasteiger partial charge on any atom is -0.454 e. The van der Waals surface area contributed by atoms with Crippen molar-refractivity contribution in [3.63, 3.8) is 0 Å². The van der Waals surface area contributed by atoms with Crippen LogP contribution in [0.5, 0.6) is 0 Å². The van der Waals surface area contributed by atoms with Crippen molar-refractivity contribution < 1.29 is 33.4 Å². The summed E-state index contributed by atoms with van der Waals surface area (Å²) in [6, 6.07) is -0.746. The largest absolute Gasteiger partial charge is 0.454 e. The van der Waals surface area contributed by atoms with Crippen LogP contribution in [0.25, 0.3) is 0 Å². The van der Waals surface area contributed by atoms with Crippen LogP contribution >= 0.6 is 0 Å². The lowest BCUT2D eigenvalue weighted by Gasteiger charge is -2.14. The molecule has 0 bridgehead atoms. The Morgan fingerprint density at radius 2 is 1.77 bits per heavy atom. The molecule has 0 saturated carbocycles. The van der Waals surface area contributed by atoms with Crippen LogP contribution in [-0.2, 0) is 28.7 Å². The fourth-order valence-electron chi connectivity index (χ4n) is 2.82. The molecule has 0 aromatic heterocycles. The zero-order valence-electron chi connectivity index (χ0n) is 14.4. The lowest BCUT2D eigenvalue weighted by molar-refractivity contribution is -0.154. The smallest absolute Gasteiger partial charge is 0.326 e. The average molecular weight is 367 g/mol. The van der Waals surface area contributed by atoms with Gasteiger partial charge in [-0.1, -0.05) is 12.2 Å². The van der Waals surface area contributed by atoms with Gasteiger partial charge < -0.3 is 14.8 Å². The second kappa shape index (κ2) is 9.09. The van der Waals surface area contributed by atoms with Crippen molar-refractivity contribution in [3.8, 4) is 0 Å². The van der Waals surface area contributed by atoms with Crippen LogP contribution in [0.3, 0.4) is 0 Å². The van der Waals surface area contributed by atoms with Gasteiger partial charge in [0, 0.05) is 13.7 Å². The monoisotopic (exact) mass is 367 g/mol. The van der Waals surface area contributed by atoms with Gasteiger partial charge in [-0.2, -0.15) is 0 Å². The molecule has 142 valence electrons. The van der Waals surface area contributed by atoms with E-state index in [1.165, 1.54) is 7.11 Å². The van der Waals surface area contributed by atoms with Crippen molar-refractivity contribution in [2.45, 2.75) is 12.8 Å². The van der Waals surface area contributed by atoms with Crippen molar-refractivity contribution >= 4 is 29.7 Å². The second-order valence-electron chi connectivity index (χ2n) is 5.88. The zero-order chi connectivity index (χ0) is 19.1. The number of nitrogens with one attached hydrogen (secondary N) is 2. The van der Waals surface area contributed by atoms with Gasteiger partial charge in [0.15, 0.2) is 6.61 Å². The normalized spacial score (nSPS) is 21.3. The Balaban J connectivity index is 1.73. The van der Waals surface area contributed by atoms with E-state index in [2.05, 4.69) is 5.32 Å². The van der Waals surface area contributed by atoms with E-state index in [1.54, 1.807) is 0 Å². The number of ether oxygens (including phenoxy) is 2. The highest BCUT2D eigenvalue weighted by molar-refractivity contribution is 6.07. The highest BCUT2D eigenvalue weighted by Crippen LogP contribution is 2.34. The summed E-state index contributed by atoms with van der Waals surface area (Å²) in [5, 5.41) is 4.33. The number of rotatable bonds is 7. The van der Waals surface area contributed by atoms with Gasteiger partial charge in [-0.3, -0.25) is 29.4 Å². The number of nitrogens with zero attached hydrogens (tertiary/aromatic N) is 1. The second-order valence-corrected chi connectivity index (χ2v) is 5.88. The lowest BCUT2D eigenvalue weighted by atomic mass is 9.85. The molecule has 2 aliphatic rings. The third kappa shape index (κ3) is 4.88. The number of imide groups is 2. The Bertz CT molecular complexity index is 605. The van der Waals surface area contributed by atoms with Gasteiger partial charge >= 0.3 is 12.0 Å². The van der Waals surface area contributed by atoms with Gasteiger partial charge in [0.2, 0.25) is 11.8 Å². The fourth-order valence-corrected chi connectivity index (χ4v) is 2.82. The molecule has 1 saturated heterocycles. The van der Waals surface area contributed by atoms with E-state index >= 15 is 0 Å². The number of allylic oxidation sites excluding steroid dienone is 2. The summed E-state index contributed by atoms with van der Waals surface area (Å²) in [5.41, 5.74) is 0. The van der Waals surface area contributed by atoms with Crippen LogP contribution in [0, 0.1) is 11.8 Å². The van der Waals surface area contributed by atoms with Crippen molar-refractivity contribution in [1.82, 2.24) is 15.5 Å². The predicted octanol–water partition coefficient (Wildman–Crippen LogP) is -1.05. The van der Waals surface area contributed by atoms with Crippen molar-refractivity contribution in [2.75, 3.05) is 33.4 Å². The summed E-state index contributed by atoms with van der Waals surface area (Å²) >= 11 is 0. The first-order valence-electron chi connectivity index (χ1n) is 8.16. The summed E-state index contributed by atoms with van der Waals surface area (Å²) < 4.78 is 9.46. The third-order valence-corrected chi connectivity index (χ3v) is 4.10. The molecule has 0 spiro atoms. The number of likely N-dealkylation sites (tertiary alicyclic amines) is 1. The number of esters is 1. The molecular formula is C16H21N3O7. The highest BCUT2D eigenvalue weighted by Gasteiger charge is 2.47. The van der Waals surface area contributed by atoms with Gasteiger partial charge in [0.1, 0.15) is 6.54 Å². The molecule has 26 heavy (non-hydrogen) atoms. The quantitative estimate of drug-likeness (QED) is 0.254. The fraction of sp³-hybridized carbons (Fsp3) is 0.562. The van der Waals surface area contributed by atoms with E-state index in [9.17, 15) is 24.0 Å². The summed E-state index contributed by atoms with van der Waals surface area (Å²) in [7, 11) is 1.46. The van der Waals surface area contributed by atoms with E-state index in [0.717, 1.165) is 4.90 Å². The molecule has 2 atom stereocenters. The summed E-state index contributed by atoms with van der Waals surface area (Å²) in [4.78, 5) is 60.0. The Morgan fingerprint density at radius 3 is 2.35 bits per heavy atom. The average Bonchev–Trinajstić information content (AvgIpc) is 2.85. The molecule has 0 unspecified atom stereocenters. The number of urea groups is 1. The molecule has 1 aliphatic heterocycles. The molecule has 10 nitrogen and oxygen atoms in total. The van der Waals surface area contributed by atoms with Crippen LogP contribution in [-0.4, -0.2) is 68.0 Å². The number of hydrogen-bond acceptors (Lipinski definition) is 7. The first-order valence-corrected chi connectivity index (χ1v) is 8.16. The molecule has 0 aromatic rings. The summed E-state index contributed by atoms with van der Waals surface area (Å²) in [5.74, 6) is -3.39. The van der Waals surface area contributed by atoms with Crippen LogP contribution in [0.1, 0.15) is 12.8 Å². The molecule has 0 aromatic carbocycles. The first kappa shape index (κ1) is 19.6. The molecule has 1 aliphatic carbocycles. The number of carbonyl (C=O) groups excluding carboxylic acids is 5. The molecule has 1 fully saturated rings. The Labute approximate surface area is 149 Å². The van der Waals surface area contributed by atoms with E-state index < -0.39 is 54.7 Å². The van der Waals surface area contributed by atoms with Crippen LogP contribution in [0.15, 0.2) is 12.2 Å². The third-order valence-electron chi connectivity index (χ3n) is 4.10. The Morgan fingerprint density at radius 1 is 1.15 bits per heavy atom. The summed E-state index contributed by atoms with van der Waals surface area (Å²) in [6.07, 6.45) is 4.63. The van der Waals surface area contributed by atoms with Crippen molar-refractivity contribution in [2.24, 2.45) is 11.8 Å². The first-order chi connectivity index (χ1) is 12.4. The molecule has 1 heterocycles. The van der Waals surface area contributed by atoms with Gasteiger partial charge in [0.05, 0.1) is 18.4 Å². The Hall–Kier alpha value is -2.75. The van der Waals surface area contributed by atoms with Gasteiger partial charge in [-0.05, 0) is 12.8 Å². The number of methoxy groups -OCH3 is 1. The standard InChI is InChI=1S/C16H21N3O7/c1-25-7-6-17-16(24)18-12(20)9-26-13(21)8-19-14(22)10-4-2-3-5-11(10)15(19)23/h2-3,10-11H,4-9H2,1H3,(H2,17,18,20,24)/t10-,11-/m1/s1. The zero-order valence-corrected chi connectivity index (χ0v) is 14.4. The summed E-state index contributed by atoms with van der Waals surface area (Å²) in [6.45, 7) is -0.739. The topological polar surface area (TPSA) is 131 Å². The van der Waals surface area contributed by atoms with Crippen LogP contribution < -0.4 is 10.6 Å². The predicted molar refractivity (Wildman–Crippen MR) is 86.5 cm³/mol. The van der Waals surface area contributed by atoms with Gasteiger partial charge in [-0.25, -0.2) is 4.79 Å². The van der Waals surface area contributed by atoms with E-state index in [1.807, 2.05) is 17.5 Å². The minimum absolute atomic E-state index is 0.214. The maximum atomic E-state index is 12.2. The van der Waals surface area contributed by atoms with E-state index in [0.29, 0.717) is 12.8 Å². The lowest BCUT2D eigenvalue weighted by Crippen LogP contribution is -2.43. The maximum absolute atomic E-state index is 12.2. The van der Waals surface area contributed by atoms with E-state index in [-0.39, 0.29) is 13.2 Å². The maximum Gasteiger partial charge on any atom is 0.326 e. The van der Waals surface area contributed by atoms with Gasteiger partial charge in [-0.15, -0.1) is 0 Å². The Kier molecular flexibility index (Phi) is 6.84. The molecule has 10 heteroatoms. The highest BCUT2D eigenvalue weighted by atomic mass is 16.5. The SMILES string of the molecule is COCCNC(=O)NC(=O)COC(=O)CN1C(=O)[C@@H]2CC=CC[C@H]2C1=O. The molecule has 2 N–H and O–H groups in total. The van der Waals surface area contributed by atoms with Crippen molar-refractivity contribution in [3.05, 3.63) is 12.2 Å². The van der Waals surface area contributed by atoms with Crippen LogP contribution in [0.2, 0.25) is 0 Å². The number of amides is 5. The number of hydrogen-bond donors (Lipinski definition) is 2. The van der Waals surface area contributed by atoms with Crippen molar-refractivity contribution in [1.29, 1.82) is 0 Å². The number of fused-ring (bicyclic) bond motifs is 1.